The molecule has 80 valence electrons. The minimum atomic E-state index is 0.717. The molecule has 0 aliphatic carbocycles. The molecule has 0 radical (unpaired) electrons. The number of rotatable bonds is 2. The molecule has 0 amide bonds. The number of para-hydroxylation sites is 1. The molecular weight excluding hydrogens is 200 g/mol. The lowest BCUT2D eigenvalue weighted by Crippen LogP contribution is -2.01. The smallest absolute Gasteiger partial charge is 0.0918 e. The van der Waals surface area contributed by atoms with Crippen molar-refractivity contribution in [2.75, 3.05) is 0 Å². The van der Waals surface area contributed by atoms with Crippen LogP contribution in [0.3, 0.4) is 0 Å². The molecule has 0 aliphatic rings. The third kappa shape index (κ3) is 1.39. The van der Waals surface area contributed by atoms with E-state index in [4.69, 9.17) is 0 Å². The number of aryl methyl sites for hydroxylation is 1. The molecule has 0 saturated carbocycles. The molecule has 3 rings (SSSR count). The molecule has 0 bridgehead atoms. The lowest BCUT2D eigenvalue weighted by molar-refractivity contribution is 0.655. The van der Waals surface area contributed by atoms with E-state index >= 15 is 0 Å². The first-order chi connectivity index (χ1) is 7.84. The number of hydrogen-bond donors (Lipinski definition) is 0. The van der Waals surface area contributed by atoms with Crippen LogP contribution in [0.5, 0.6) is 0 Å². The second-order valence-electron chi connectivity index (χ2n) is 3.79. The first-order valence-corrected chi connectivity index (χ1v) is 5.22. The number of nitrogens with zero attached hydrogens (tertiary/aromatic N) is 4. The van der Waals surface area contributed by atoms with Crippen molar-refractivity contribution in [3.05, 3.63) is 48.4 Å². The molecule has 0 unspecified atom stereocenters. The van der Waals surface area contributed by atoms with Crippen LogP contribution in [-0.2, 0) is 13.6 Å². The van der Waals surface area contributed by atoms with E-state index in [-0.39, 0.29) is 0 Å². The zero-order chi connectivity index (χ0) is 11.0. The molecule has 0 spiro atoms. The van der Waals surface area contributed by atoms with Crippen molar-refractivity contribution in [1.82, 2.24) is 19.6 Å². The summed E-state index contributed by atoms with van der Waals surface area (Å²) in [6, 6.07) is 10.2. The highest BCUT2D eigenvalue weighted by molar-refractivity contribution is 5.81. The number of benzene rings is 1. The fraction of sp³-hybridized carbons (Fsp3) is 0.167. The summed E-state index contributed by atoms with van der Waals surface area (Å²) in [5, 5.41) is 9.91. The van der Waals surface area contributed by atoms with Gasteiger partial charge in [-0.05, 0) is 12.1 Å². The topological polar surface area (TPSA) is 35.6 Å². The lowest BCUT2D eigenvalue weighted by Gasteiger charge is -1.97. The number of aromatic nitrogens is 4. The largest absolute Gasteiger partial charge is 0.268 e. The van der Waals surface area contributed by atoms with Crippen LogP contribution in [0.1, 0.15) is 5.69 Å². The SMILES string of the molecule is Cn1nc(Cn2cccn2)c2ccccc21. The maximum atomic E-state index is 4.52. The molecule has 4 heteroatoms. The molecule has 16 heavy (non-hydrogen) atoms. The summed E-state index contributed by atoms with van der Waals surface area (Å²) in [4.78, 5) is 0. The lowest BCUT2D eigenvalue weighted by atomic mass is 10.2. The average Bonchev–Trinajstić information content (AvgIpc) is 2.90. The Bertz CT molecular complexity index is 607. The van der Waals surface area contributed by atoms with Crippen LogP contribution in [-0.4, -0.2) is 19.6 Å². The van der Waals surface area contributed by atoms with Crippen LogP contribution in [0, 0.1) is 0 Å². The second-order valence-corrected chi connectivity index (χ2v) is 3.79. The fourth-order valence-corrected chi connectivity index (χ4v) is 1.95. The van der Waals surface area contributed by atoms with Crippen molar-refractivity contribution in [2.24, 2.45) is 7.05 Å². The average molecular weight is 212 g/mol. The summed E-state index contributed by atoms with van der Waals surface area (Å²) in [7, 11) is 1.97. The van der Waals surface area contributed by atoms with Crippen molar-refractivity contribution in [1.29, 1.82) is 0 Å². The molecule has 1 aromatic carbocycles. The van der Waals surface area contributed by atoms with Gasteiger partial charge in [-0.15, -0.1) is 0 Å². The predicted octanol–water partition coefficient (Wildman–Crippen LogP) is 1.82. The van der Waals surface area contributed by atoms with Crippen LogP contribution in [0.4, 0.5) is 0 Å². The van der Waals surface area contributed by atoms with Gasteiger partial charge in [-0.3, -0.25) is 9.36 Å². The number of fused-ring (bicyclic) bond motifs is 1. The molecular formula is C12H12N4. The van der Waals surface area contributed by atoms with Gasteiger partial charge in [0.05, 0.1) is 17.8 Å². The number of hydrogen-bond acceptors (Lipinski definition) is 2. The van der Waals surface area contributed by atoms with Crippen LogP contribution in [0.15, 0.2) is 42.7 Å². The Labute approximate surface area is 93.1 Å². The summed E-state index contributed by atoms with van der Waals surface area (Å²) in [6.07, 6.45) is 3.73. The molecule has 0 N–H and O–H groups in total. The van der Waals surface area contributed by atoms with Gasteiger partial charge < -0.3 is 0 Å². The normalized spacial score (nSPS) is 11.1. The van der Waals surface area contributed by atoms with Gasteiger partial charge in [0.1, 0.15) is 0 Å². The zero-order valence-electron chi connectivity index (χ0n) is 9.04. The van der Waals surface area contributed by atoms with Crippen LogP contribution in [0.25, 0.3) is 10.9 Å². The highest BCUT2D eigenvalue weighted by atomic mass is 15.3. The first kappa shape index (κ1) is 9.15. The third-order valence-electron chi connectivity index (χ3n) is 2.71. The van der Waals surface area contributed by atoms with E-state index in [2.05, 4.69) is 22.3 Å². The molecule has 2 heterocycles. The van der Waals surface area contributed by atoms with Crippen molar-refractivity contribution in [3.8, 4) is 0 Å². The highest BCUT2D eigenvalue weighted by Gasteiger charge is 2.07. The Kier molecular flexibility index (Phi) is 1.99. The monoisotopic (exact) mass is 212 g/mol. The van der Waals surface area contributed by atoms with Crippen molar-refractivity contribution < 1.29 is 0 Å². The Morgan fingerprint density at radius 1 is 1.19 bits per heavy atom. The predicted molar refractivity (Wildman–Crippen MR) is 62.0 cm³/mol. The molecule has 4 nitrogen and oxygen atoms in total. The van der Waals surface area contributed by atoms with Crippen molar-refractivity contribution in [3.63, 3.8) is 0 Å². The van der Waals surface area contributed by atoms with Crippen molar-refractivity contribution >= 4 is 10.9 Å². The second kappa shape index (κ2) is 3.48. The Balaban J connectivity index is 2.10. The van der Waals surface area contributed by atoms with E-state index in [1.807, 2.05) is 40.8 Å². The first-order valence-electron chi connectivity index (χ1n) is 5.22. The summed E-state index contributed by atoms with van der Waals surface area (Å²) in [6.45, 7) is 0.717. The Morgan fingerprint density at radius 3 is 2.88 bits per heavy atom. The highest BCUT2D eigenvalue weighted by Crippen LogP contribution is 2.17. The Morgan fingerprint density at radius 2 is 2.06 bits per heavy atom. The van der Waals surface area contributed by atoms with E-state index < -0.39 is 0 Å². The maximum absolute atomic E-state index is 4.52. The molecule has 0 atom stereocenters. The van der Waals surface area contributed by atoms with E-state index in [0.29, 0.717) is 6.54 Å². The third-order valence-corrected chi connectivity index (χ3v) is 2.71. The van der Waals surface area contributed by atoms with Gasteiger partial charge in [-0.25, -0.2) is 0 Å². The van der Waals surface area contributed by atoms with E-state index in [0.717, 1.165) is 11.2 Å². The van der Waals surface area contributed by atoms with Crippen LogP contribution in [0.2, 0.25) is 0 Å². The van der Waals surface area contributed by atoms with Gasteiger partial charge in [-0.2, -0.15) is 10.2 Å². The van der Waals surface area contributed by atoms with Gasteiger partial charge in [0.2, 0.25) is 0 Å². The minimum absolute atomic E-state index is 0.717. The van der Waals surface area contributed by atoms with Gasteiger partial charge in [0, 0.05) is 24.8 Å². The Hall–Kier alpha value is -2.10. The quantitative estimate of drug-likeness (QED) is 0.649. The van der Waals surface area contributed by atoms with E-state index in [1.54, 1.807) is 6.20 Å². The van der Waals surface area contributed by atoms with Crippen molar-refractivity contribution in [2.45, 2.75) is 6.54 Å². The summed E-state index contributed by atoms with van der Waals surface area (Å²) < 4.78 is 3.79. The van der Waals surface area contributed by atoms with Gasteiger partial charge in [0.25, 0.3) is 0 Å². The molecule has 3 aromatic rings. The standard InChI is InChI=1S/C12H12N4/c1-15-12-6-3-2-5-10(12)11(14-15)9-16-8-4-7-13-16/h2-8H,9H2,1H3. The molecule has 0 aliphatic heterocycles. The van der Waals surface area contributed by atoms with Gasteiger partial charge in [0.15, 0.2) is 0 Å². The van der Waals surface area contributed by atoms with Gasteiger partial charge >= 0.3 is 0 Å². The van der Waals surface area contributed by atoms with Crippen LogP contribution >= 0.6 is 0 Å². The molecule has 0 saturated heterocycles. The molecule has 0 fully saturated rings. The fourth-order valence-electron chi connectivity index (χ4n) is 1.95. The van der Waals surface area contributed by atoms with E-state index in [1.165, 1.54) is 5.39 Å². The van der Waals surface area contributed by atoms with Crippen LogP contribution < -0.4 is 0 Å². The minimum Gasteiger partial charge on any atom is -0.268 e. The summed E-state index contributed by atoms with van der Waals surface area (Å²) in [5.74, 6) is 0. The van der Waals surface area contributed by atoms with Gasteiger partial charge in [-0.1, -0.05) is 18.2 Å². The molecule has 2 aromatic heterocycles. The summed E-state index contributed by atoms with van der Waals surface area (Å²) in [5.41, 5.74) is 2.21. The summed E-state index contributed by atoms with van der Waals surface area (Å²) >= 11 is 0. The maximum Gasteiger partial charge on any atom is 0.0918 e. The van der Waals surface area contributed by atoms with E-state index in [9.17, 15) is 0 Å². The zero-order valence-corrected chi connectivity index (χ0v) is 9.04.